The van der Waals surface area contributed by atoms with Crippen LogP contribution < -0.4 is 5.46 Å². The lowest BCUT2D eigenvalue weighted by Crippen LogP contribution is -2.32. The van der Waals surface area contributed by atoms with Crippen molar-refractivity contribution in [2.75, 3.05) is 0 Å². The van der Waals surface area contributed by atoms with Gasteiger partial charge in [-0.15, -0.1) is 0 Å². The van der Waals surface area contributed by atoms with Crippen LogP contribution in [0.4, 0.5) is 8.78 Å². The molecule has 0 unspecified atom stereocenters. The summed E-state index contributed by atoms with van der Waals surface area (Å²) in [5.74, 6) is -0.974. The minimum Gasteiger partial charge on any atom is -0.423 e. The maximum atomic E-state index is 13.6. The lowest BCUT2D eigenvalue weighted by Gasteiger charge is -2.14. The molecular formula is C13H13BF2O2. The Hall–Kier alpha value is -1.46. The first kappa shape index (κ1) is 13.0. The monoisotopic (exact) mass is 250 g/mol. The van der Waals surface area contributed by atoms with Gasteiger partial charge in [0.15, 0.2) is 0 Å². The summed E-state index contributed by atoms with van der Waals surface area (Å²) in [7, 11) is -1.83. The van der Waals surface area contributed by atoms with Gasteiger partial charge in [0.2, 0.25) is 0 Å². The predicted octanol–water partition coefficient (Wildman–Crippen LogP) is 1.93. The molecule has 2 nitrogen and oxygen atoms in total. The molecule has 0 atom stereocenters. The summed E-state index contributed by atoms with van der Waals surface area (Å²) in [6.45, 7) is 1.73. The summed E-state index contributed by atoms with van der Waals surface area (Å²) in [4.78, 5) is 0. The van der Waals surface area contributed by atoms with Gasteiger partial charge in [-0.25, -0.2) is 8.78 Å². The van der Waals surface area contributed by atoms with Gasteiger partial charge in [-0.05, 0) is 48.6 Å². The summed E-state index contributed by atoms with van der Waals surface area (Å²) in [6, 6.07) is 4.07. The first-order valence-electron chi connectivity index (χ1n) is 5.71. The largest absolute Gasteiger partial charge is 0.491 e. The second-order valence-electron chi connectivity index (χ2n) is 4.41. The van der Waals surface area contributed by atoms with Gasteiger partial charge in [0.1, 0.15) is 11.6 Å². The minimum absolute atomic E-state index is 0.178. The van der Waals surface area contributed by atoms with Gasteiger partial charge in [-0.1, -0.05) is 12.1 Å². The third kappa shape index (κ3) is 2.52. The van der Waals surface area contributed by atoms with Gasteiger partial charge >= 0.3 is 7.12 Å². The van der Waals surface area contributed by atoms with Crippen LogP contribution >= 0.6 is 0 Å². The molecule has 0 bridgehead atoms. The van der Waals surface area contributed by atoms with Gasteiger partial charge in [-0.3, -0.25) is 0 Å². The Morgan fingerprint density at radius 3 is 2.44 bits per heavy atom. The van der Waals surface area contributed by atoms with Gasteiger partial charge in [-0.2, -0.15) is 0 Å². The fraction of sp³-hybridized carbons (Fsp3) is 0.231. The molecule has 0 aliphatic heterocycles. The molecule has 0 spiro atoms. The van der Waals surface area contributed by atoms with Crippen LogP contribution in [0.25, 0.3) is 5.57 Å². The van der Waals surface area contributed by atoms with E-state index in [0.717, 1.165) is 5.57 Å². The number of hydrogen-bond donors (Lipinski definition) is 2. The highest BCUT2D eigenvalue weighted by Crippen LogP contribution is 2.30. The number of rotatable bonds is 2. The lowest BCUT2D eigenvalue weighted by atomic mass is 9.79. The van der Waals surface area contributed by atoms with Crippen LogP contribution in [-0.2, 0) is 0 Å². The van der Waals surface area contributed by atoms with E-state index in [2.05, 4.69) is 0 Å². The highest BCUT2D eigenvalue weighted by Gasteiger charge is 2.18. The van der Waals surface area contributed by atoms with Crippen molar-refractivity contribution in [3.8, 4) is 0 Å². The molecule has 1 aliphatic rings. The number of hydrogen-bond acceptors (Lipinski definition) is 2. The summed E-state index contributed by atoms with van der Waals surface area (Å²) < 4.78 is 27.0. The zero-order valence-corrected chi connectivity index (χ0v) is 9.95. The van der Waals surface area contributed by atoms with Gasteiger partial charge in [0, 0.05) is 5.46 Å². The third-order valence-corrected chi connectivity index (χ3v) is 3.13. The van der Waals surface area contributed by atoms with E-state index in [4.69, 9.17) is 10.0 Å². The van der Waals surface area contributed by atoms with Crippen LogP contribution in [0.15, 0.2) is 35.7 Å². The lowest BCUT2D eigenvalue weighted by molar-refractivity contribution is 0.423. The maximum absolute atomic E-state index is 13.6. The standard InChI is InChI=1S/C13H13BF2O2/c1-8-2-3-9(6-12(8)15)10-4-5-11(14(17)18)13(16)7-10/h4-7,17-18H,2-3H2,1H3. The SMILES string of the molecule is CC1=C(F)C=C(c2ccc(B(O)O)c(F)c2)CC1. The fourth-order valence-electron chi connectivity index (χ4n) is 1.95. The fourth-order valence-corrected chi connectivity index (χ4v) is 1.95. The predicted molar refractivity (Wildman–Crippen MR) is 67.2 cm³/mol. The van der Waals surface area contributed by atoms with Gasteiger partial charge in [0.25, 0.3) is 0 Å². The molecule has 0 aromatic heterocycles. The second kappa shape index (κ2) is 5.04. The van der Waals surface area contributed by atoms with E-state index >= 15 is 0 Å². The molecule has 0 heterocycles. The van der Waals surface area contributed by atoms with E-state index in [1.54, 1.807) is 13.0 Å². The number of benzene rings is 1. The Morgan fingerprint density at radius 1 is 1.17 bits per heavy atom. The second-order valence-corrected chi connectivity index (χ2v) is 4.41. The molecule has 0 amide bonds. The average molecular weight is 250 g/mol. The van der Waals surface area contributed by atoms with Crippen molar-refractivity contribution in [1.29, 1.82) is 0 Å². The topological polar surface area (TPSA) is 40.5 Å². The number of halogens is 2. The van der Waals surface area contributed by atoms with E-state index in [1.165, 1.54) is 18.2 Å². The normalized spacial score (nSPS) is 15.7. The van der Waals surface area contributed by atoms with Gasteiger partial charge < -0.3 is 10.0 Å². The first-order valence-corrected chi connectivity index (χ1v) is 5.71. The molecule has 0 fully saturated rings. The van der Waals surface area contributed by atoms with Crippen LogP contribution in [0.5, 0.6) is 0 Å². The highest BCUT2D eigenvalue weighted by atomic mass is 19.1. The van der Waals surface area contributed by atoms with E-state index in [9.17, 15) is 8.78 Å². The Kier molecular flexibility index (Phi) is 3.64. The van der Waals surface area contributed by atoms with Crippen molar-refractivity contribution in [1.82, 2.24) is 0 Å². The van der Waals surface area contributed by atoms with Crippen LogP contribution in [0.1, 0.15) is 25.3 Å². The van der Waals surface area contributed by atoms with Crippen LogP contribution in [0, 0.1) is 5.82 Å². The van der Waals surface area contributed by atoms with Crippen molar-refractivity contribution in [3.63, 3.8) is 0 Å². The van der Waals surface area contributed by atoms with E-state index in [-0.39, 0.29) is 11.3 Å². The molecular weight excluding hydrogens is 237 g/mol. The van der Waals surface area contributed by atoms with Crippen molar-refractivity contribution in [2.45, 2.75) is 19.8 Å². The summed E-state index contributed by atoms with van der Waals surface area (Å²) in [5.41, 5.74) is 1.81. The average Bonchev–Trinajstić information content (AvgIpc) is 2.32. The summed E-state index contributed by atoms with van der Waals surface area (Å²) in [5, 5.41) is 17.8. The molecule has 1 aromatic carbocycles. The zero-order valence-electron chi connectivity index (χ0n) is 9.95. The maximum Gasteiger partial charge on any atom is 0.491 e. The van der Waals surface area contributed by atoms with E-state index in [1.807, 2.05) is 0 Å². The van der Waals surface area contributed by atoms with Crippen molar-refractivity contribution in [3.05, 3.63) is 47.1 Å². The number of allylic oxidation sites excluding steroid dienone is 4. The summed E-state index contributed by atoms with van der Waals surface area (Å²) >= 11 is 0. The summed E-state index contributed by atoms with van der Waals surface area (Å²) in [6.07, 6.45) is 2.67. The molecule has 0 saturated heterocycles. The molecule has 94 valence electrons. The van der Waals surface area contributed by atoms with Gasteiger partial charge in [0.05, 0.1) is 0 Å². The molecule has 2 N–H and O–H groups in total. The van der Waals surface area contributed by atoms with Crippen molar-refractivity contribution in [2.24, 2.45) is 0 Å². The van der Waals surface area contributed by atoms with E-state index < -0.39 is 12.9 Å². The molecule has 0 radical (unpaired) electrons. The Morgan fingerprint density at radius 2 is 1.89 bits per heavy atom. The Bertz CT molecular complexity index is 536. The first-order chi connectivity index (χ1) is 8.49. The Labute approximate surface area is 104 Å². The quantitative estimate of drug-likeness (QED) is 0.787. The molecule has 2 rings (SSSR count). The van der Waals surface area contributed by atoms with Crippen molar-refractivity contribution >= 4 is 18.2 Å². The minimum atomic E-state index is -1.83. The third-order valence-electron chi connectivity index (χ3n) is 3.13. The smallest absolute Gasteiger partial charge is 0.423 e. The molecule has 5 heteroatoms. The van der Waals surface area contributed by atoms with Crippen molar-refractivity contribution < 1.29 is 18.8 Å². The van der Waals surface area contributed by atoms with Crippen LogP contribution in [0.2, 0.25) is 0 Å². The molecule has 18 heavy (non-hydrogen) atoms. The molecule has 0 saturated carbocycles. The molecule has 1 aromatic rings. The van der Waals surface area contributed by atoms with E-state index in [0.29, 0.717) is 24.0 Å². The van der Waals surface area contributed by atoms with Crippen LogP contribution in [-0.4, -0.2) is 17.2 Å². The van der Waals surface area contributed by atoms with Crippen LogP contribution in [0.3, 0.4) is 0 Å². The highest BCUT2D eigenvalue weighted by molar-refractivity contribution is 6.58. The Balaban J connectivity index is 2.36. The molecule has 1 aliphatic carbocycles. The zero-order chi connectivity index (χ0) is 13.3.